The topological polar surface area (TPSA) is 25.8 Å². The summed E-state index contributed by atoms with van der Waals surface area (Å²) in [4.78, 5) is 8.87. The Kier molecular flexibility index (Phi) is 14.0. The van der Waals surface area contributed by atoms with Gasteiger partial charge in [-0.3, -0.25) is 9.97 Å². The molecule has 0 spiro atoms. The molecule has 0 aliphatic heterocycles. The van der Waals surface area contributed by atoms with Gasteiger partial charge in [0.1, 0.15) is 0 Å². The number of aryl methyl sites for hydroxylation is 2. The molecule has 0 unspecified atom stereocenters. The molecule has 2 heterocycles. The van der Waals surface area contributed by atoms with Gasteiger partial charge in [-0.25, -0.2) is 0 Å². The third kappa shape index (κ3) is 8.82. The molecule has 0 N–H and O–H groups in total. The molecule has 6 aromatic rings. The van der Waals surface area contributed by atoms with Gasteiger partial charge in [-0.05, 0) is 48.2 Å². The van der Waals surface area contributed by atoms with Gasteiger partial charge in [-0.1, -0.05) is 51.2 Å². The predicted octanol–water partition coefficient (Wildman–Crippen LogP) is 10.5. The Hall–Kier alpha value is -2.36. The molecule has 0 saturated heterocycles. The Labute approximate surface area is 260 Å². The second-order valence-corrected chi connectivity index (χ2v) is 13.8. The van der Waals surface area contributed by atoms with E-state index in [4.69, 9.17) is 17.0 Å². The van der Waals surface area contributed by atoms with Crippen LogP contribution in [-0.4, -0.2) is 19.5 Å². The van der Waals surface area contributed by atoms with E-state index in [1.807, 2.05) is 36.7 Å². The van der Waals surface area contributed by atoms with Crippen LogP contribution in [0.3, 0.4) is 0 Å². The second kappa shape index (κ2) is 17.5. The predicted molar refractivity (Wildman–Crippen MR) is 173 cm³/mol. The summed E-state index contributed by atoms with van der Waals surface area (Å²) in [5.74, 6) is 0. The van der Waals surface area contributed by atoms with Crippen LogP contribution in [0.2, 0.25) is 13.1 Å². The molecule has 2 radical (unpaired) electrons. The minimum atomic E-state index is -0.826. The van der Waals surface area contributed by atoms with Gasteiger partial charge in [-0.15, -0.1) is 69.1 Å². The van der Waals surface area contributed by atoms with E-state index in [1.54, 1.807) is 0 Å². The molecule has 202 valence electrons. The number of rotatable bonds is 4. The van der Waals surface area contributed by atoms with E-state index in [1.165, 1.54) is 43.8 Å². The quantitative estimate of drug-likeness (QED) is 0.139. The molecule has 0 aliphatic carbocycles. The van der Waals surface area contributed by atoms with Gasteiger partial charge in [0.15, 0.2) is 0 Å². The van der Waals surface area contributed by atoms with Gasteiger partial charge in [0, 0.05) is 21.9 Å². The zero-order valence-electron chi connectivity index (χ0n) is 23.5. The summed E-state index contributed by atoms with van der Waals surface area (Å²) in [5, 5.41) is 5.24. The number of aromatic nitrogens is 2. The van der Waals surface area contributed by atoms with Gasteiger partial charge in [-0.2, -0.15) is 12.1 Å². The third-order valence-corrected chi connectivity index (χ3v) is 6.32. The number of hydrogen-bond acceptors (Lipinski definition) is 2. The van der Waals surface area contributed by atoms with E-state index in [-0.39, 0.29) is 0 Å². The van der Waals surface area contributed by atoms with E-state index in [0.717, 1.165) is 33.7 Å². The van der Waals surface area contributed by atoms with Crippen LogP contribution in [0, 0.1) is 0 Å². The number of fused-ring (bicyclic) bond motifs is 2. The van der Waals surface area contributed by atoms with Crippen molar-refractivity contribution in [3.05, 3.63) is 121 Å². The molecule has 0 atom stereocenters. The SMILES string of the molecule is CCc1cc2c(-c3ccccn3)cccc2[cH-]1.CCc1cc2c(-c3ccccn3)cccc2[cH-]1.C[Si]C.[Cl][Zr+2][Cl]. The first kappa shape index (κ1) is 32.2. The first-order valence-corrected chi connectivity index (χ1v) is 21.7. The van der Waals surface area contributed by atoms with Crippen LogP contribution in [0.5, 0.6) is 0 Å². The number of nitrogens with zero attached hydrogens (tertiary/aromatic N) is 2. The zero-order chi connectivity index (χ0) is 28.7. The van der Waals surface area contributed by atoms with E-state index in [2.05, 4.69) is 110 Å². The Morgan fingerprint density at radius 2 is 1.05 bits per heavy atom. The van der Waals surface area contributed by atoms with Crippen LogP contribution < -0.4 is 0 Å². The van der Waals surface area contributed by atoms with Crippen molar-refractivity contribution in [2.45, 2.75) is 39.8 Å². The summed E-state index contributed by atoms with van der Waals surface area (Å²) in [6.45, 7) is 8.68. The fraction of sp³-hybridized carbons (Fsp3) is 0.176. The van der Waals surface area contributed by atoms with Gasteiger partial charge >= 0.3 is 37.9 Å². The molecule has 0 amide bonds. The number of hydrogen-bond donors (Lipinski definition) is 0. The summed E-state index contributed by atoms with van der Waals surface area (Å²) in [7, 11) is 11.0. The maximum atomic E-state index is 4.93. The van der Waals surface area contributed by atoms with Crippen molar-refractivity contribution in [1.82, 2.24) is 9.97 Å². The molecule has 0 saturated carbocycles. The number of halogens is 2. The second-order valence-electron chi connectivity index (χ2n) is 9.05. The molecule has 6 rings (SSSR count). The normalized spacial score (nSPS) is 9.95. The maximum absolute atomic E-state index is 4.93. The Morgan fingerprint density at radius 3 is 1.38 bits per heavy atom. The minimum absolute atomic E-state index is 0.826. The van der Waals surface area contributed by atoms with Gasteiger partial charge in [0.05, 0.1) is 11.4 Å². The average molecular weight is 661 g/mol. The molecular formula is C34H34Cl2N2SiZr. The molecule has 4 aromatic carbocycles. The fourth-order valence-electron chi connectivity index (χ4n) is 4.49. The van der Waals surface area contributed by atoms with E-state index < -0.39 is 20.8 Å². The van der Waals surface area contributed by atoms with Crippen LogP contribution in [0.15, 0.2) is 109 Å². The van der Waals surface area contributed by atoms with Crippen molar-refractivity contribution >= 4 is 48.1 Å². The average Bonchev–Trinajstić information content (AvgIpc) is 3.63. The van der Waals surface area contributed by atoms with Crippen molar-refractivity contribution in [3.8, 4) is 22.5 Å². The van der Waals surface area contributed by atoms with Crippen LogP contribution >= 0.6 is 17.0 Å². The monoisotopic (exact) mass is 658 g/mol. The van der Waals surface area contributed by atoms with E-state index in [9.17, 15) is 0 Å². The van der Waals surface area contributed by atoms with Crippen molar-refractivity contribution < 1.29 is 20.8 Å². The van der Waals surface area contributed by atoms with Crippen LogP contribution in [-0.2, 0) is 33.7 Å². The molecule has 6 heteroatoms. The molecular weight excluding hydrogens is 627 g/mol. The number of benzene rings is 2. The molecule has 0 fully saturated rings. The van der Waals surface area contributed by atoms with Gasteiger partial charge in [0.25, 0.3) is 0 Å². The third-order valence-electron chi connectivity index (χ3n) is 6.32. The first-order chi connectivity index (χ1) is 19.6. The molecule has 0 bridgehead atoms. The molecule has 40 heavy (non-hydrogen) atoms. The molecule has 0 aliphatic rings. The summed E-state index contributed by atoms with van der Waals surface area (Å²) >= 11 is -0.826. The van der Waals surface area contributed by atoms with Crippen molar-refractivity contribution in [3.63, 3.8) is 0 Å². The van der Waals surface area contributed by atoms with Crippen molar-refractivity contribution in [2.24, 2.45) is 0 Å². The fourth-order valence-corrected chi connectivity index (χ4v) is 4.49. The number of pyridine rings is 2. The molecule has 2 aromatic heterocycles. The van der Waals surface area contributed by atoms with Crippen LogP contribution in [0.4, 0.5) is 0 Å². The van der Waals surface area contributed by atoms with Crippen molar-refractivity contribution in [1.29, 1.82) is 0 Å². The van der Waals surface area contributed by atoms with E-state index in [0.29, 0.717) is 0 Å². The summed E-state index contributed by atoms with van der Waals surface area (Å²) in [5.41, 5.74) is 7.33. The standard InChI is InChI=1S/2C16H14N.C2H6Si.2ClH.Zr/c2*1-2-12-10-13-6-5-7-14(15(13)11-12)16-8-3-4-9-17-16;1-3-2;;;/h2*3-11H,2H2,1H3;1-2H3;2*1H;/q2*-1;;;;+4/p-2. The van der Waals surface area contributed by atoms with Crippen molar-refractivity contribution in [2.75, 3.05) is 0 Å². The summed E-state index contributed by atoms with van der Waals surface area (Å²) in [6, 6.07) is 34.0. The van der Waals surface area contributed by atoms with Gasteiger partial charge in [0.2, 0.25) is 0 Å². The first-order valence-electron chi connectivity index (χ1n) is 13.3. The Balaban J connectivity index is 0.000000185. The summed E-state index contributed by atoms with van der Waals surface area (Å²) in [6.07, 6.45) is 5.85. The Morgan fingerprint density at radius 1 is 0.650 bits per heavy atom. The zero-order valence-corrected chi connectivity index (χ0v) is 28.4. The van der Waals surface area contributed by atoms with Crippen LogP contribution in [0.25, 0.3) is 44.1 Å². The summed E-state index contributed by atoms with van der Waals surface area (Å²) < 4.78 is 0. The molecule has 2 nitrogen and oxygen atoms in total. The van der Waals surface area contributed by atoms with E-state index >= 15 is 0 Å². The van der Waals surface area contributed by atoms with Crippen LogP contribution in [0.1, 0.15) is 25.0 Å². The van der Waals surface area contributed by atoms with Gasteiger partial charge < -0.3 is 0 Å². The Bertz CT molecular complexity index is 1440.